The topological polar surface area (TPSA) is 71.4 Å². The molecule has 8 heteroatoms. The monoisotopic (exact) mass is 517 g/mol. The summed E-state index contributed by atoms with van der Waals surface area (Å²) in [5, 5.41) is 13.5. The van der Waals surface area contributed by atoms with Crippen molar-refractivity contribution in [2.24, 2.45) is 0 Å². The van der Waals surface area contributed by atoms with Gasteiger partial charge < -0.3 is 15.0 Å². The number of benzene rings is 3. The van der Waals surface area contributed by atoms with Crippen LogP contribution in [0, 0.1) is 6.92 Å². The molecule has 1 saturated heterocycles. The van der Waals surface area contributed by atoms with Crippen LogP contribution in [-0.4, -0.2) is 48.0 Å². The van der Waals surface area contributed by atoms with Crippen LogP contribution in [0.25, 0.3) is 16.5 Å². The molecule has 2 N–H and O–H groups in total. The molecule has 0 atom stereocenters. The molecule has 0 saturated carbocycles. The molecule has 2 heterocycles. The van der Waals surface area contributed by atoms with Gasteiger partial charge in [-0.25, -0.2) is 9.48 Å². The molecule has 2 amide bonds. The number of aromatic nitrogens is 2. The molecule has 3 aromatic carbocycles. The Kier molecular flexibility index (Phi) is 7.46. The minimum atomic E-state index is -0.337. The zero-order valence-electron chi connectivity index (χ0n) is 21.4. The average molecular weight is 518 g/mol. The molecule has 1 aromatic heterocycles. The standard InChI is InChI=1S/C29H32ClN5O2/c1-19-27(21-13-15-34(2)16-14-21)33-35(22-7-5-4-6-8-22)28(19)32-29(36)31-26-12-11-25(30)23-10-9-20(18-37-3)17-24(23)26/h4-12,17,21H,13-16,18H2,1-3H3,(H2,31,32,36). The predicted molar refractivity (Wildman–Crippen MR) is 150 cm³/mol. The Hall–Kier alpha value is -3.39. The van der Waals surface area contributed by atoms with E-state index in [9.17, 15) is 4.79 Å². The van der Waals surface area contributed by atoms with Crippen molar-refractivity contribution in [2.45, 2.75) is 32.3 Å². The number of carbonyl (C=O) groups is 1. The summed E-state index contributed by atoms with van der Waals surface area (Å²) in [6.07, 6.45) is 2.10. The van der Waals surface area contributed by atoms with Crippen molar-refractivity contribution >= 4 is 39.9 Å². The van der Waals surface area contributed by atoms with Gasteiger partial charge in [-0.15, -0.1) is 0 Å². The number of urea groups is 1. The second kappa shape index (κ2) is 10.9. The average Bonchev–Trinajstić information content (AvgIpc) is 3.22. The number of hydrogen-bond acceptors (Lipinski definition) is 4. The van der Waals surface area contributed by atoms with Gasteiger partial charge in [0.25, 0.3) is 0 Å². The van der Waals surface area contributed by atoms with Gasteiger partial charge in [0.15, 0.2) is 0 Å². The molecule has 5 rings (SSSR count). The van der Waals surface area contributed by atoms with Gasteiger partial charge in [-0.3, -0.25) is 5.32 Å². The van der Waals surface area contributed by atoms with Gasteiger partial charge in [-0.2, -0.15) is 5.10 Å². The lowest BCUT2D eigenvalue weighted by Gasteiger charge is -2.28. The van der Waals surface area contributed by atoms with E-state index >= 15 is 0 Å². The maximum atomic E-state index is 13.4. The highest BCUT2D eigenvalue weighted by molar-refractivity contribution is 6.36. The lowest BCUT2D eigenvalue weighted by atomic mass is 9.92. The molecule has 1 aliphatic rings. The molecule has 1 aliphatic heterocycles. The minimum absolute atomic E-state index is 0.337. The number of likely N-dealkylation sites (tertiary alicyclic amines) is 1. The fourth-order valence-corrected chi connectivity index (χ4v) is 5.30. The largest absolute Gasteiger partial charge is 0.380 e. The summed E-state index contributed by atoms with van der Waals surface area (Å²) in [4.78, 5) is 15.7. The molecule has 0 unspecified atom stereocenters. The van der Waals surface area contributed by atoms with Gasteiger partial charge in [0.1, 0.15) is 5.82 Å². The molecular formula is C29H32ClN5O2. The highest BCUT2D eigenvalue weighted by Crippen LogP contribution is 2.34. The Morgan fingerprint density at radius 1 is 1.05 bits per heavy atom. The summed E-state index contributed by atoms with van der Waals surface area (Å²) < 4.78 is 7.13. The number of rotatable bonds is 6. The number of ether oxygens (including phenoxy) is 1. The molecule has 0 aliphatic carbocycles. The van der Waals surface area contributed by atoms with Gasteiger partial charge >= 0.3 is 6.03 Å². The van der Waals surface area contributed by atoms with Gasteiger partial charge in [-0.1, -0.05) is 41.9 Å². The van der Waals surface area contributed by atoms with Crippen molar-refractivity contribution in [3.8, 4) is 5.69 Å². The van der Waals surface area contributed by atoms with Crippen LogP contribution in [0.1, 0.15) is 35.6 Å². The number of nitrogens with zero attached hydrogens (tertiary/aromatic N) is 3. The van der Waals surface area contributed by atoms with Crippen LogP contribution in [0.15, 0.2) is 60.7 Å². The Balaban J connectivity index is 1.47. The second-order valence-electron chi connectivity index (χ2n) is 9.67. The summed E-state index contributed by atoms with van der Waals surface area (Å²) in [5.74, 6) is 1.04. The van der Waals surface area contributed by atoms with Gasteiger partial charge in [0.2, 0.25) is 0 Å². The minimum Gasteiger partial charge on any atom is -0.380 e. The molecule has 0 bridgehead atoms. The first-order valence-electron chi connectivity index (χ1n) is 12.6. The quantitative estimate of drug-likeness (QED) is 0.303. The van der Waals surface area contributed by atoms with Gasteiger partial charge in [-0.05, 0) is 75.8 Å². The number of anilines is 2. The van der Waals surface area contributed by atoms with E-state index in [1.165, 1.54) is 0 Å². The van der Waals surface area contributed by atoms with E-state index in [1.54, 1.807) is 13.2 Å². The molecular weight excluding hydrogens is 486 g/mol. The number of amides is 2. The summed E-state index contributed by atoms with van der Waals surface area (Å²) >= 11 is 6.45. The summed E-state index contributed by atoms with van der Waals surface area (Å²) in [5.41, 5.74) is 4.63. The molecule has 0 radical (unpaired) electrons. The number of piperidine rings is 1. The first kappa shape index (κ1) is 25.3. The third kappa shape index (κ3) is 5.34. The maximum absolute atomic E-state index is 13.4. The predicted octanol–water partition coefficient (Wildman–Crippen LogP) is 6.59. The zero-order valence-corrected chi connectivity index (χ0v) is 22.2. The number of hydrogen-bond donors (Lipinski definition) is 2. The van der Waals surface area contributed by atoms with E-state index in [2.05, 4.69) is 22.6 Å². The number of para-hydroxylation sites is 1. The number of halogens is 1. The van der Waals surface area contributed by atoms with Crippen molar-refractivity contribution < 1.29 is 9.53 Å². The van der Waals surface area contributed by atoms with Crippen LogP contribution < -0.4 is 10.6 Å². The molecule has 1 fully saturated rings. The Bertz CT molecular complexity index is 1410. The van der Waals surface area contributed by atoms with E-state index in [0.717, 1.165) is 59.2 Å². The van der Waals surface area contributed by atoms with E-state index in [1.807, 2.05) is 66.2 Å². The Labute approximate surface area is 222 Å². The first-order chi connectivity index (χ1) is 17.9. The zero-order chi connectivity index (χ0) is 25.9. The van der Waals surface area contributed by atoms with Crippen LogP contribution in [0.4, 0.5) is 16.3 Å². The number of carbonyl (C=O) groups excluding carboxylic acids is 1. The van der Waals surface area contributed by atoms with Gasteiger partial charge in [0.05, 0.1) is 23.7 Å². The maximum Gasteiger partial charge on any atom is 0.324 e. The van der Waals surface area contributed by atoms with E-state index < -0.39 is 0 Å². The SMILES string of the molecule is COCc1ccc2c(Cl)ccc(NC(=O)Nc3c(C)c(C4CCN(C)CC4)nn3-c3ccccc3)c2c1. The van der Waals surface area contributed by atoms with Crippen molar-refractivity contribution in [3.63, 3.8) is 0 Å². The van der Waals surface area contributed by atoms with E-state index in [4.69, 9.17) is 21.4 Å². The molecule has 4 aromatic rings. The van der Waals surface area contributed by atoms with Crippen LogP contribution in [0.3, 0.4) is 0 Å². The van der Waals surface area contributed by atoms with Crippen LogP contribution in [0.2, 0.25) is 5.02 Å². The van der Waals surface area contributed by atoms with Crippen molar-refractivity contribution in [1.29, 1.82) is 0 Å². The number of nitrogens with one attached hydrogen (secondary N) is 2. The van der Waals surface area contributed by atoms with Crippen LogP contribution >= 0.6 is 11.6 Å². The molecule has 192 valence electrons. The highest BCUT2D eigenvalue weighted by Gasteiger charge is 2.26. The Morgan fingerprint density at radius 2 is 1.81 bits per heavy atom. The fraction of sp³-hybridized carbons (Fsp3) is 0.310. The van der Waals surface area contributed by atoms with E-state index in [0.29, 0.717) is 29.1 Å². The lowest BCUT2D eigenvalue weighted by molar-refractivity contribution is 0.185. The fourth-order valence-electron chi connectivity index (χ4n) is 5.07. The lowest BCUT2D eigenvalue weighted by Crippen LogP contribution is -2.29. The summed E-state index contributed by atoms with van der Waals surface area (Å²) in [6.45, 7) is 4.61. The molecule has 7 nitrogen and oxygen atoms in total. The highest BCUT2D eigenvalue weighted by atomic mass is 35.5. The molecule has 37 heavy (non-hydrogen) atoms. The van der Waals surface area contributed by atoms with Crippen molar-refractivity contribution in [2.75, 3.05) is 37.9 Å². The third-order valence-electron chi connectivity index (χ3n) is 7.08. The van der Waals surface area contributed by atoms with Crippen LogP contribution in [-0.2, 0) is 11.3 Å². The number of fused-ring (bicyclic) bond motifs is 1. The smallest absolute Gasteiger partial charge is 0.324 e. The number of methoxy groups -OCH3 is 1. The summed E-state index contributed by atoms with van der Waals surface area (Å²) in [7, 11) is 3.81. The molecule has 0 spiro atoms. The first-order valence-corrected chi connectivity index (χ1v) is 12.9. The summed E-state index contributed by atoms with van der Waals surface area (Å²) in [6, 6.07) is 19.1. The van der Waals surface area contributed by atoms with E-state index in [-0.39, 0.29) is 6.03 Å². The third-order valence-corrected chi connectivity index (χ3v) is 7.41. The van der Waals surface area contributed by atoms with Crippen molar-refractivity contribution in [1.82, 2.24) is 14.7 Å². The Morgan fingerprint density at radius 3 is 2.54 bits per heavy atom. The normalized spacial score (nSPS) is 14.7. The van der Waals surface area contributed by atoms with Crippen LogP contribution in [0.5, 0.6) is 0 Å². The van der Waals surface area contributed by atoms with Crippen molar-refractivity contribution in [3.05, 3.63) is 82.5 Å². The second-order valence-corrected chi connectivity index (χ2v) is 10.1. The van der Waals surface area contributed by atoms with Gasteiger partial charge in [0, 0.05) is 34.4 Å².